The van der Waals surface area contributed by atoms with E-state index >= 15 is 0 Å². The van der Waals surface area contributed by atoms with Gasteiger partial charge in [-0.05, 0) is 37.3 Å². The average Bonchev–Trinajstić information content (AvgIpc) is 3.05. The first-order valence-corrected chi connectivity index (χ1v) is 10.3. The summed E-state index contributed by atoms with van der Waals surface area (Å²) in [5.74, 6) is -0.222. The Morgan fingerprint density at radius 3 is 2.38 bits per heavy atom. The predicted octanol–water partition coefficient (Wildman–Crippen LogP) is 2.32. The Balaban J connectivity index is 1.74. The molecule has 0 N–H and O–H groups in total. The molecule has 0 radical (unpaired) electrons. The van der Waals surface area contributed by atoms with Crippen LogP contribution >= 0.6 is 0 Å². The summed E-state index contributed by atoms with van der Waals surface area (Å²) in [5.41, 5.74) is 1.70. The minimum absolute atomic E-state index is 0.122. The van der Waals surface area contributed by atoms with E-state index in [2.05, 4.69) is 24.0 Å². The molecule has 1 aromatic heterocycles. The summed E-state index contributed by atoms with van der Waals surface area (Å²) in [6.07, 6.45) is 1.04. The van der Waals surface area contributed by atoms with Gasteiger partial charge in [0.05, 0.1) is 0 Å². The van der Waals surface area contributed by atoms with Gasteiger partial charge in [-0.2, -0.15) is 0 Å². The van der Waals surface area contributed by atoms with Crippen molar-refractivity contribution in [2.24, 2.45) is 11.8 Å². The first kappa shape index (κ1) is 18.6. The Morgan fingerprint density at radius 1 is 1.15 bits per heavy atom. The molecule has 1 aliphatic heterocycles. The summed E-state index contributed by atoms with van der Waals surface area (Å²) in [7, 11) is -3.97. The number of aryl methyl sites for hydroxylation is 1. The highest BCUT2D eigenvalue weighted by Crippen LogP contribution is 2.23. The molecule has 3 rings (SSSR count). The largest absolute Gasteiger partial charge is 0.408 e. The third kappa shape index (κ3) is 4.12. The van der Waals surface area contributed by atoms with Crippen molar-refractivity contribution in [3.05, 3.63) is 29.8 Å². The van der Waals surface area contributed by atoms with Crippen LogP contribution in [-0.4, -0.2) is 48.3 Å². The summed E-state index contributed by atoms with van der Waals surface area (Å²) < 4.78 is 30.3. The normalized spacial score (nSPS) is 21.0. The van der Waals surface area contributed by atoms with Gasteiger partial charge in [0.15, 0.2) is 0 Å². The number of rotatable bonds is 4. The topological polar surface area (TPSA) is 93.4 Å². The molecule has 1 saturated heterocycles. The van der Waals surface area contributed by atoms with Crippen molar-refractivity contribution in [2.45, 2.75) is 32.4 Å². The Hall–Kier alpha value is -2.22. The molecule has 2 aromatic rings. The van der Waals surface area contributed by atoms with Gasteiger partial charge in [-0.1, -0.05) is 36.6 Å². The van der Waals surface area contributed by atoms with E-state index in [9.17, 15) is 13.2 Å². The second kappa shape index (κ2) is 7.19. The van der Waals surface area contributed by atoms with E-state index in [1.54, 1.807) is 17.0 Å². The van der Waals surface area contributed by atoms with Crippen LogP contribution in [0.1, 0.15) is 25.8 Å². The van der Waals surface area contributed by atoms with E-state index in [0.717, 1.165) is 12.0 Å². The van der Waals surface area contributed by atoms with E-state index in [0.29, 0.717) is 30.5 Å². The molecule has 2 unspecified atom stereocenters. The van der Waals surface area contributed by atoms with Crippen molar-refractivity contribution in [1.82, 2.24) is 15.1 Å². The summed E-state index contributed by atoms with van der Waals surface area (Å²) in [5, 5.41) is 6.93. The fourth-order valence-electron chi connectivity index (χ4n) is 3.33. The van der Waals surface area contributed by atoms with E-state index < -0.39 is 26.7 Å². The van der Waals surface area contributed by atoms with Crippen LogP contribution in [0.5, 0.6) is 0 Å². The van der Waals surface area contributed by atoms with Gasteiger partial charge >= 0.3 is 5.22 Å². The second-order valence-corrected chi connectivity index (χ2v) is 9.11. The lowest BCUT2D eigenvalue weighted by molar-refractivity contribution is -0.131. The SMILES string of the molecule is Cc1ccc(-c2nnc(S(=O)(=O)CC(=O)N3CC(C)CC(C)C3)o2)cc1. The maximum absolute atomic E-state index is 12.5. The van der Waals surface area contributed by atoms with Crippen LogP contribution in [0.4, 0.5) is 0 Å². The monoisotopic (exact) mass is 377 g/mol. The van der Waals surface area contributed by atoms with E-state index in [-0.39, 0.29) is 5.89 Å². The quantitative estimate of drug-likeness (QED) is 0.812. The second-order valence-electron chi connectivity index (χ2n) is 7.24. The molecule has 1 aromatic carbocycles. The molecule has 1 fully saturated rings. The first-order valence-electron chi connectivity index (χ1n) is 8.65. The lowest BCUT2D eigenvalue weighted by Gasteiger charge is -2.34. The molecule has 2 atom stereocenters. The average molecular weight is 377 g/mol. The van der Waals surface area contributed by atoms with Gasteiger partial charge in [0, 0.05) is 18.7 Å². The highest BCUT2D eigenvalue weighted by atomic mass is 32.2. The van der Waals surface area contributed by atoms with Gasteiger partial charge in [0.2, 0.25) is 21.6 Å². The van der Waals surface area contributed by atoms with E-state index in [1.807, 2.05) is 19.1 Å². The van der Waals surface area contributed by atoms with Crippen molar-refractivity contribution >= 4 is 15.7 Å². The van der Waals surface area contributed by atoms with Gasteiger partial charge in [-0.25, -0.2) is 8.42 Å². The number of hydrogen-bond acceptors (Lipinski definition) is 6. The molecule has 7 nitrogen and oxygen atoms in total. The predicted molar refractivity (Wildman–Crippen MR) is 96.0 cm³/mol. The highest BCUT2D eigenvalue weighted by molar-refractivity contribution is 7.91. The Bertz CT molecular complexity index is 879. The zero-order chi connectivity index (χ0) is 18.9. The lowest BCUT2D eigenvalue weighted by atomic mass is 9.92. The standard InChI is InChI=1S/C18H23N3O4S/c1-12-4-6-15(7-5-12)17-19-20-18(25-17)26(23,24)11-16(22)21-9-13(2)8-14(3)10-21/h4-7,13-14H,8-11H2,1-3H3. The van der Waals surface area contributed by atoms with Crippen LogP contribution in [0.15, 0.2) is 33.9 Å². The van der Waals surface area contributed by atoms with Gasteiger partial charge in [0.1, 0.15) is 5.75 Å². The van der Waals surface area contributed by atoms with Crippen LogP contribution in [0.2, 0.25) is 0 Å². The maximum atomic E-state index is 12.5. The number of amides is 1. The first-order chi connectivity index (χ1) is 12.2. The summed E-state index contributed by atoms with van der Waals surface area (Å²) in [6.45, 7) is 7.24. The maximum Gasteiger partial charge on any atom is 0.336 e. The molecule has 0 spiro atoms. The highest BCUT2D eigenvalue weighted by Gasteiger charge is 2.31. The summed E-state index contributed by atoms with van der Waals surface area (Å²) >= 11 is 0. The van der Waals surface area contributed by atoms with Crippen molar-refractivity contribution in [3.8, 4) is 11.5 Å². The van der Waals surface area contributed by atoms with Crippen molar-refractivity contribution in [3.63, 3.8) is 0 Å². The van der Waals surface area contributed by atoms with Crippen molar-refractivity contribution in [2.75, 3.05) is 18.8 Å². The molecule has 0 bridgehead atoms. The zero-order valence-corrected chi connectivity index (χ0v) is 16.0. The number of piperidine rings is 1. The number of likely N-dealkylation sites (tertiary alicyclic amines) is 1. The number of sulfone groups is 1. The van der Waals surface area contributed by atoms with Crippen LogP contribution in [0.25, 0.3) is 11.5 Å². The zero-order valence-electron chi connectivity index (χ0n) is 15.2. The fourth-order valence-corrected chi connectivity index (χ4v) is 4.33. The number of carbonyl (C=O) groups is 1. The van der Waals surface area contributed by atoms with Crippen LogP contribution in [0, 0.1) is 18.8 Å². The molecular formula is C18H23N3O4S. The van der Waals surface area contributed by atoms with E-state index in [1.165, 1.54) is 0 Å². The lowest BCUT2D eigenvalue weighted by Crippen LogP contribution is -2.44. The third-order valence-corrected chi connectivity index (χ3v) is 5.83. The number of hydrogen-bond donors (Lipinski definition) is 0. The molecule has 0 saturated carbocycles. The smallest absolute Gasteiger partial charge is 0.336 e. The minimum Gasteiger partial charge on any atom is -0.408 e. The fraction of sp³-hybridized carbons (Fsp3) is 0.500. The number of benzene rings is 1. The van der Waals surface area contributed by atoms with Gasteiger partial charge in [-0.15, -0.1) is 5.10 Å². The van der Waals surface area contributed by atoms with Crippen LogP contribution in [-0.2, 0) is 14.6 Å². The molecule has 140 valence electrons. The number of nitrogens with zero attached hydrogens (tertiary/aromatic N) is 3. The van der Waals surface area contributed by atoms with Gasteiger partial charge < -0.3 is 9.32 Å². The minimum atomic E-state index is -3.97. The molecule has 1 amide bonds. The van der Waals surface area contributed by atoms with Crippen LogP contribution < -0.4 is 0 Å². The molecule has 26 heavy (non-hydrogen) atoms. The summed E-state index contributed by atoms with van der Waals surface area (Å²) in [6, 6.07) is 7.30. The van der Waals surface area contributed by atoms with Crippen LogP contribution in [0.3, 0.4) is 0 Å². The molecule has 8 heteroatoms. The van der Waals surface area contributed by atoms with Crippen molar-refractivity contribution in [1.29, 1.82) is 0 Å². The molecular weight excluding hydrogens is 354 g/mol. The molecule has 1 aliphatic rings. The Morgan fingerprint density at radius 2 is 1.77 bits per heavy atom. The number of carbonyl (C=O) groups excluding carboxylic acids is 1. The van der Waals surface area contributed by atoms with Crippen molar-refractivity contribution < 1.29 is 17.6 Å². The summed E-state index contributed by atoms with van der Waals surface area (Å²) in [4.78, 5) is 14.1. The molecule has 0 aliphatic carbocycles. The van der Waals surface area contributed by atoms with E-state index in [4.69, 9.17) is 4.42 Å². The van der Waals surface area contributed by atoms with Gasteiger partial charge in [-0.3, -0.25) is 4.79 Å². The molecule has 2 heterocycles. The Kier molecular flexibility index (Phi) is 5.13. The third-order valence-electron chi connectivity index (χ3n) is 4.51. The van der Waals surface area contributed by atoms with Gasteiger partial charge in [0.25, 0.3) is 0 Å². The Labute approximate surface area is 153 Å². The number of aromatic nitrogens is 2.